The zero-order valence-electron chi connectivity index (χ0n) is 9.46. The van der Waals surface area contributed by atoms with Crippen molar-refractivity contribution in [2.75, 3.05) is 0 Å². The van der Waals surface area contributed by atoms with Crippen LogP contribution in [0.2, 0.25) is 5.02 Å². The molecule has 16 heavy (non-hydrogen) atoms. The second kappa shape index (κ2) is 4.60. The quantitative estimate of drug-likeness (QED) is 0.787. The molecule has 0 aliphatic rings. The number of nitrogens with zero attached hydrogens (tertiary/aromatic N) is 1. The van der Waals surface area contributed by atoms with Crippen LogP contribution < -0.4 is 0 Å². The van der Waals surface area contributed by atoms with Crippen LogP contribution in [0.25, 0.3) is 11.0 Å². The Morgan fingerprint density at radius 2 is 2.06 bits per heavy atom. The number of hydrogen-bond acceptors (Lipinski definition) is 1. The summed E-state index contributed by atoms with van der Waals surface area (Å²) in [5.41, 5.74) is 2.16. The van der Waals surface area contributed by atoms with Gasteiger partial charge in [0.05, 0.1) is 11.0 Å². The van der Waals surface area contributed by atoms with Crippen molar-refractivity contribution >= 4 is 34.9 Å². The van der Waals surface area contributed by atoms with Crippen LogP contribution in [-0.4, -0.2) is 9.55 Å². The van der Waals surface area contributed by atoms with Crippen molar-refractivity contribution in [3.05, 3.63) is 28.0 Å². The summed E-state index contributed by atoms with van der Waals surface area (Å²) in [6.07, 6.45) is 2.17. The Hall–Kier alpha value is -0.800. The number of nitrogens with one attached hydrogen (secondary N) is 1. The first-order valence-electron chi connectivity index (χ1n) is 5.57. The minimum absolute atomic E-state index is 0.461. The molecule has 0 bridgehead atoms. The van der Waals surface area contributed by atoms with Gasteiger partial charge in [-0.25, -0.2) is 0 Å². The Morgan fingerprint density at radius 3 is 2.69 bits per heavy atom. The third kappa shape index (κ3) is 1.89. The maximum atomic E-state index is 5.96. The number of aromatic nitrogens is 2. The molecule has 4 heteroatoms. The van der Waals surface area contributed by atoms with E-state index in [0.717, 1.165) is 33.7 Å². The number of imidazole rings is 1. The highest BCUT2D eigenvalue weighted by Gasteiger charge is 2.11. The predicted octanol–water partition coefficient (Wildman–Crippen LogP) is 4.71. The zero-order valence-corrected chi connectivity index (χ0v) is 11.0. The van der Waals surface area contributed by atoms with Gasteiger partial charge in [-0.15, -0.1) is 0 Å². The standard InChI is InChI=1S/C12H15ClN2S/c1-3-9(4-2)15-11-6-5-8(13)7-10(11)14-12(15)16/h5-7,9H,3-4H2,1-2H3,(H,14,16). The molecule has 0 spiro atoms. The first-order valence-corrected chi connectivity index (χ1v) is 6.35. The van der Waals surface area contributed by atoms with Crippen LogP contribution in [0.15, 0.2) is 18.2 Å². The highest BCUT2D eigenvalue weighted by Crippen LogP contribution is 2.25. The highest BCUT2D eigenvalue weighted by atomic mass is 35.5. The van der Waals surface area contributed by atoms with Gasteiger partial charge in [-0.2, -0.15) is 0 Å². The van der Waals surface area contributed by atoms with E-state index in [1.54, 1.807) is 0 Å². The van der Waals surface area contributed by atoms with E-state index in [4.69, 9.17) is 23.8 Å². The third-order valence-electron chi connectivity index (χ3n) is 2.99. The lowest BCUT2D eigenvalue weighted by Crippen LogP contribution is -2.06. The van der Waals surface area contributed by atoms with Crippen molar-refractivity contribution in [1.82, 2.24) is 9.55 Å². The topological polar surface area (TPSA) is 20.7 Å². The van der Waals surface area contributed by atoms with Gasteiger partial charge >= 0.3 is 0 Å². The van der Waals surface area contributed by atoms with Crippen molar-refractivity contribution in [1.29, 1.82) is 0 Å². The lowest BCUT2D eigenvalue weighted by atomic mass is 10.1. The maximum Gasteiger partial charge on any atom is 0.178 e. The van der Waals surface area contributed by atoms with E-state index in [1.165, 1.54) is 0 Å². The first kappa shape index (κ1) is 11.7. The molecule has 0 fully saturated rings. The molecule has 2 rings (SSSR count). The van der Waals surface area contributed by atoms with Gasteiger partial charge in [0.1, 0.15) is 0 Å². The zero-order chi connectivity index (χ0) is 11.7. The molecule has 2 aromatic rings. The number of benzene rings is 1. The fraction of sp³-hybridized carbons (Fsp3) is 0.417. The number of rotatable bonds is 3. The molecule has 0 saturated carbocycles. The van der Waals surface area contributed by atoms with Gasteiger partial charge in [0.2, 0.25) is 0 Å². The van der Waals surface area contributed by atoms with E-state index in [2.05, 4.69) is 23.4 Å². The first-order chi connectivity index (χ1) is 7.67. The van der Waals surface area contributed by atoms with Crippen LogP contribution >= 0.6 is 23.8 Å². The number of fused-ring (bicyclic) bond motifs is 1. The van der Waals surface area contributed by atoms with Crippen LogP contribution in [-0.2, 0) is 0 Å². The summed E-state index contributed by atoms with van der Waals surface area (Å²) in [6, 6.07) is 6.32. The van der Waals surface area contributed by atoms with Crippen molar-refractivity contribution in [3.8, 4) is 0 Å². The molecule has 0 aliphatic heterocycles. The van der Waals surface area contributed by atoms with E-state index < -0.39 is 0 Å². The van der Waals surface area contributed by atoms with Gasteiger partial charge in [0.15, 0.2) is 4.77 Å². The Labute approximate surface area is 105 Å². The molecule has 1 aromatic carbocycles. The summed E-state index contributed by atoms with van der Waals surface area (Å²) in [6.45, 7) is 4.37. The predicted molar refractivity (Wildman–Crippen MR) is 71.8 cm³/mol. The normalized spacial score (nSPS) is 11.5. The smallest absolute Gasteiger partial charge is 0.178 e. The molecule has 0 saturated heterocycles. The maximum absolute atomic E-state index is 5.96. The van der Waals surface area contributed by atoms with E-state index in [1.807, 2.05) is 18.2 Å². The fourth-order valence-electron chi connectivity index (χ4n) is 2.12. The molecule has 2 nitrogen and oxygen atoms in total. The Bertz CT molecular complexity index is 552. The Balaban J connectivity index is 2.69. The molecular weight excluding hydrogens is 240 g/mol. The minimum Gasteiger partial charge on any atom is -0.331 e. The molecule has 1 heterocycles. The Kier molecular flexibility index (Phi) is 3.36. The summed E-state index contributed by atoms with van der Waals surface area (Å²) in [5.74, 6) is 0. The van der Waals surface area contributed by atoms with Gasteiger partial charge in [0, 0.05) is 11.1 Å². The van der Waals surface area contributed by atoms with E-state index >= 15 is 0 Å². The molecule has 1 aromatic heterocycles. The molecular formula is C12H15ClN2S. The number of halogens is 1. The van der Waals surface area contributed by atoms with Gasteiger partial charge in [0.25, 0.3) is 0 Å². The SMILES string of the molecule is CCC(CC)n1c(=S)[nH]c2cc(Cl)ccc21. The van der Waals surface area contributed by atoms with E-state index in [-0.39, 0.29) is 0 Å². The average Bonchev–Trinajstić information content (AvgIpc) is 2.57. The second-order valence-corrected chi connectivity index (χ2v) is 4.76. The minimum atomic E-state index is 0.461. The van der Waals surface area contributed by atoms with E-state index in [9.17, 15) is 0 Å². The summed E-state index contributed by atoms with van der Waals surface area (Å²) in [7, 11) is 0. The van der Waals surface area contributed by atoms with Crippen LogP contribution in [0, 0.1) is 4.77 Å². The Morgan fingerprint density at radius 1 is 1.38 bits per heavy atom. The van der Waals surface area contributed by atoms with Gasteiger partial charge < -0.3 is 9.55 Å². The monoisotopic (exact) mass is 254 g/mol. The highest BCUT2D eigenvalue weighted by molar-refractivity contribution is 7.71. The summed E-state index contributed by atoms with van der Waals surface area (Å²) in [4.78, 5) is 3.21. The van der Waals surface area contributed by atoms with Crippen molar-refractivity contribution in [2.45, 2.75) is 32.7 Å². The van der Waals surface area contributed by atoms with Gasteiger partial charge in [-0.1, -0.05) is 25.4 Å². The molecule has 0 amide bonds. The lowest BCUT2D eigenvalue weighted by molar-refractivity contribution is 0.478. The molecule has 0 atom stereocenters. The molecule has 0 aliphatic carbocycles. The molecule has 0 radical (unpaired) electrons. The summed E-state index contributed by atoms with van der Waals surface area (Å²) < 4.78 is 2.98. The average molecular weight is 255 g/mol. The lowest BCUT2D eigenvalue weighted by Gasteiger charge is -2.15. The largest absolute Gasteiger partial charge is 0.331 e. The third-order valence-corrected chi connectivity index (χ3v) is 3.52. The van der Waals surface area contributed by atoms with Crippen LogP contribution in [0.3, 0.4) is 0 Å². The molecule has 0 unspecified atom stereocenters. The fourth-order valence-corrected chi connectivity index (χ4v) is 2.65. The van der Waals surface area contributed by atoms with Crippen LogP contribution in [0.1, 0.15) is 32.7 Å². The van der Waals surface area contributed by atoms with Crippen LogP contribution in [0.4, 0.5) is 0 Å². The van der Waals surface area contributed by atoms with Gasteiger partial charge in [-0.3, -0.25) is 0 Å². The second-order valence-electron chi connectivity index (χ2n) is 3.93. The van der Waals surface area contributed by atoms with Gasteiger partial charge in [-0.05, 0) is 43.3 Å². The van der Waals surface area contributed by atoms with Crippen molar-refractivity contribution < 1.29 is 0 Å². The van der Waals surface area contributed by atoms with Crippen molar-refractivity contribution in [3.63, 3.8) is 0 Å². The van der Waals surface area contributed by atoms with E-state index in [0.29, 0.717) is 6.04 Å². The number of H-pyrrole nitrogens is 1. The summed E-state index contributed by atoms with van der Waals surface area (Å²) >= 11 is 11.3. The number of hydrogen-bond donors (Lipinski definition) is 1. The molecule has 86 valence electrons. The van der Waals surface area contributed by atoms with Crippen molar-refractivity contribution in [2.24, 2.45) is 0 Å². The molecule has 1 N–H and O–H groups in total. The van der Waals surface area contributed by atoms with Crippen LogP contribution in [0.5, 0.6) is 0 Å². The number of aromatic amines is 1. The summed E-state index contributed by atoms with van der Waals surface area (Å²) in [5, 5.41) is 0.737.